The second-order valence-electron chi connectivity index (χ2n) is 9.07. The Hall–Kier alpha value is -0.770. The van der Waals surface area contributed by atoms with Crippen LogP contribution in [0.15, 0.2) is 0 Å². The molecule has 1 saturated heterocycles. The number of nitrogens with zero attached hydrogens (tertiary/aromatic N) is 1. The number of piperidine rings is 1. The van der Waals surface area contributed by atoms with Gasteiger partial charge in [-0.2, -0.15) is 0 Å². The predicted molar refractivity (Wildman–Crippen MR) is 99.2 cm³/mol. The fraction of sp³-hybridized carbons (Fsp3) is 0.950. The van der Waals surface area contributed by atoms with Gasteiger partial charge < -0.3 is 15.0 Å². The first-order valence-electron chi connectivity index (χ1n) is 9.96. The zero-order chi connectivity index (χ0) is 17.8. The van der Waals surface area contributed by atoms with Crippen LogP contribution in [0.1, 0.15) is 79.6 Å². The lowest BCUT2D eigenvalue weighted by molar-refractivity contribution is 0.00277. The maximum absolute atomic E-state index is 12.4. The van der Waals surface area contributed by atoms with Crippen molar-refractivity contribution in [3.63, 3.8) is 0 Å². The topological polar surface area (TPSA) is 41.6 Å². The molecule has 1 aliphatic heterocycles. The molecule has 0 aromatic rings. The first-order chi connectivity index (χ1) is 11.2. The molecule has 2 aliphatic rings. The fourth-order valence-electron chi connectivity index (χ4n) is 4.25. The van der Waals surface area contributed by atoms with Gasteiger partial charge in [-0.25, -0.2) is 4.79 Å². The smallest absolute Gasteiger partial charge is 0.410 e. The number of hydrogen-bond donors (Lipinski definition) is 1. The van der Waals surface area contributed by atoms with Gasteiger partial charge in [0.25, 0.3) is 0 Å². The Morgan fingerprint density at radius 3 is 2.54 bits per heavy atom. The first kappa shape index (κ1) is 19.6. The van der Waals surface area contributed by atoms with E-state index in [0.717, 1.165) is 38.4 Å². The van der Waals surface area contributed by atoms with E-state index < -0.39 is 5.60 Å². The van der Waals surface area contributed by atoms with E-state index in [1.165, 1.54) is 32.1 Å². The van der Waals surface area contributed by atoms with Crippen molar-refractivity contribution in [3.05, 3.63) is 0 Å². The van der Waals surface area contributed by atoms with Crippen LogP contribution in [0.3, 0.4) is 0 Å². The standard InChI is InChI=1S/C20H38N2O2/c1-6-20(14-21-16(2)17-10-7-8-11-17)12-9-13-22(15-20)18(23)24-19(3,4)5/h16-17,21H,6-15H2,1-5H3. The lowest BCUT2D eigenvalue weighted by Crippen LogP contribution is -2.52. The predicted octanol–water partition coefficient (Wildman–Crippen LogP) is 4.58. The third-order valence-electron chi connectivity index (χ3n) is 5.97. The van der Waals surface area contributed by atoms with E-state index in [4.69, 9.17) is 4.74 Å². The maximum atomic E-state index is 12.4. The summed E-state index contributed by atoms with van der Waals surface area (Å²) in [5.41, 5.74) is -0.222. The Labute approximate surface area is 148 Å². The Morgan fingerprint density at radius 1 is 1.29 bits per heavy atom. The molecule has 1 N–H and O–H groups in total. The molecule has 24 heavy (non-hydrogen) atoms. The average molecular weight is 339 g/mol. The van der Waals surface area contributed by atoms with E-state index in [-0.39, 0.29) is 11.5 Å². The van der Waals surface area contributed by atoms with E-state index in [1.807, 2.05) is 25.7 Å². The van der Waals surface area contributed by atoms with E-state index >= 15 is 0 Å². The highest BCUT2D eigenvalue weighted by atomic mass is 16.6. The Balaban J connectivity index is 1.91. The van der Waals surface area contributed by atoms with Gasteiger partial charge >= 0.3 is 6.09 Å². The summed E-state index contributed by atoms with van der Waals surface area (Å²) < 4.78 is 5.59. The summed E-state index contributed by atoms with van der Waals surface area (Å²) in [5, 5.41) is 3.81. The van der Waals surface area contributed by atoms with Crippen molar-refractivity contribution in [3.8, 4) is 0 Å². The third-order valence-corrected chi connectivity index (χ3v) is 5.97. The van der Waals surface area contributed by atoms with Gasteiger partial charge in [-0.05, 0) is 65.7 Å². The minimum atomic E-state index is -0.418. The summed E-state index contributed by atoms with van der Waals surface area (Å²) in [6.45, 7) is 13.1. The summed E-state index contributed by atoms with van der Waals surface area (Å²) in [4.78, 5) is 14.4. The molecule has 0 radical (unpaired) electrons. The molecule has 2 atom stereocenters. The van der Waals surface area contributed by atoms with Gasteiger partial charge in [0, 0.05) is 31.1 Å². The molecule has 0 spiro atoms. The molecule has 0 aromatic heterocycles. The minimum Gasteiger partial charge on any atom is -0.444 e. The van der Waals surface area contributed by atoms with Crippen molar-refractivity contribution in [1.29, 1.82) is 0 Å². The lowest BCUT2D eigenvalue weighted by Gasteiger charge is -2.43. The molecule has 0 aromatic carbocycles. The van der Waals surface area contributed by atoms with Crippen LogP contribution in [-0.4, -0.2) is 42.3 Å². The van der Waals surface area contributed by atoms with Crippen molar-refractivity contribution >= 4 is 6.09 Å². The van der Waals surface area contributed by atoms with Gasteiger partial charge in [-0.1, -0.05) is 19.8 Å². The number of likely N-dealkylation sites (tertiary alicyclic amines) is 1. The highest BCUT2D eigenvalue weighted by molar-refractivity contribution is 5.68. The molecule has 2 fully saturated rings. The van der Waals surface area contributed by atoms with Gasteiger partial charge in [0.1, 0.15) is 5.60 Å². The highest BCUT2D eigenvalue weighted by Crippen LogP contribution is 2.34. The first-order valence-corrected chi connectivity index (χ1v) is 9.96. The Kier molecular flexibility index (Phi) is 6.58. The number of carbonyl (C=O) groups is 1. The van der Waals surface area contributed by atoms with Crippen LogP contribution < -0.4 is 5.32 Å². The van der Waals surface area contributed by atoms with Crippen LogP contribution in [0.5, 0.6) is 0 Å². The number of amides is 1. The number of rotatable bonds is 5. The molecular weight excluding hydrogens is 300 g/mol. The van der Waals surface area contributed by atoms with Gasteiger partial charge in [0.2, 0.25) is 0 Å². The van der Waals surface area contributed by atoms with Gasteiger partial charge in [0.05, 0.1) is 0 Å². The Bertz CT molecular complexity index is 412. The molecule has 1 amide bonds. The van der Waals surface area contributed by atoms with Crippen LogP contribution in [0, 0.1) is 11.3 Å². The molecule has 140 valence electrons. The maximum Gasteiger partial charge on any atom is 0.410 e. The molecule has 4 nitrogen and oxygen atoms in total. The zero-order valence-corrected chi connectivity index (χ0v) is 16.5. The van der Waals surface area contributed by atoms with Crippen molar-refractivity contribution < 1.29 is 9.53 Å². The number of nitrogens with one attached hydrogen (secondary N) is 1. The van der Waals surface area contributed by atoms with E-state index in [9.17, 15) is 4.79 Å². The zero-order valence-electron chi connectivity index (χ0n) is 16.5. The average Bonchev–Trinajstić information content (AvgIpc) is 3.06. The van der Waals surface area contributed by atoms with Crippen LogP contribution in [-0.2, 0) is 4.74 Å². The van der Waals surface area contributed by atoms with Crippen molar-refractivity contribution in [2.24, 2.45) is 11.3 Å². The second-order valence-corrected chi connectivity index (χ2v) is 9.07. The summed E-state index contributed by atoms with van der Waals surface area (Å²) in [6.07, 6.45) is 8.76. The third kappa shape index (κ3) is 5.37. The molecule has 2 rings (SSSR count). The van der Waals surface area contributed by atoms with Gasteiger partial charge in [0.15, 0.2) is 0 Å². The minimum absolute atomic E-state index is 0.149. The fourth-order valence-corrected chi connectivity index (χ4v) is 4.25. The van der Waals surface area contributed by atoms with Crippen molar-refractivity contribution in [2.75, 3.05) is 19.6 Å². The van der Waals surface area contributed by atoms with Crippen molar-refractivity contribution in [2.45, 2.75) is 91.2 Å². The van der Waals surface area contributed by atoms with E-state index in [2.05, 4.69) is 19.2 Å². The molecule has 2 unspecified atom stereocenters. The van der Waals surface area contributed by atoms with Crippen LogP contribution in [0.25, 0.3) is 0 Å². The summed E-state index contributed by atoms with van der Waals surface area (Å²) in [7, 11) is 0. The van der Waals surface area contributed by atoms with Crippen LogP contribution in [0.4, 0.5) is 4.79 Å². The van der Waals surface area contributed by atoms with E-state index in [0.29, 0.717) is 6.04 Å². The van der Waals surface area contributed by atoms with E-state index in [1.54, 1.807) is 0 Å². The number of carbonyl (C=O) groups excluding carboxylic acids is 1. The van der Waals surface area contributed by atoms with Crippen molar-refractivity contribution in [1.82, 2.24) is 10.2 Å². The number of ether oxygens (including phenoxy) is 1. The van der Waals surface area contributed by atoms with Gasteiger partial charge in [-0.15, -0.1) is 0 Å². The lowest BCUT2D eigenvalue weighted by atomic mass is 9.77. The molecular formula is C20H38N2O2. The molecule has 0 bridgehead atoms. The normalized spacial score (nSPS) is 27.3. The SMILES string of the molecule is CCC1(CNC(C)C2CCCC2)CCCN(C(=O)OC(C)(C)C)C1. The molecule has 1 aliphatic carbocycles. The largest absolute Gasteiger partial charge is 0.444 e. The summed E-state index contributed by atoms with van der Waals surface area (Å²) >= 11 is 0. The van der Waals surface area contributed by atoms with Crippen LogP contribution in [0.2, 0.25) is 0 Å². The summed E-state index contributed by atoms with van der Waals surface area (Å²) in [5.74, 6) is 0.837. The van der Waals surface area contributed by atoms with Crippen LogP contribution >= 0.6 is 0 Å². The number of hydrogen-bond acceptors (Lipinski definition) is 3. The molecule has 1 heterocycles. The Morgan fingerprint density at radius 2 is 1.96 bits per heavy atom. The summed E-state index contributed by atoms with van der Waals surface area (Å²) in [6, 6.07) is 0.591. The molecule has 1 saturated carbocycles. The quantitative estimate of drug-likeness (QED) is 0.797. The highest BCUT2D eigenvalue weighted by Gasteiger charge is 2.37. The van der Waals surface area contributed by atoms with Gasteiger partial charge in [-0.3, -0.25) is 0 Å². The monoisotopic (exact) mass is 338 g/mol. The second kappa shape index (κ2) is 8.07. The molecule has 4 heteroatoms.